The number of hydrogen-bond acceptors (Lipinski definition) is 6. The first kappa shape index (κ1) is 26.4. The van der Waals surface area contributed by atoms with Crippen molar-refractivity contribution in [2.45, 2.75) is 76.3 Å². The van der Waals surface area contributed by atoms with Crippen LogP contribution in [0.3, 0.4) is 0 Å². The highest BCUT2D eigenvalue weighted by Gasteiger charge is 2.79. The number of fused-ring (bicyclic) bond motifs is 1. The molecule has 36 heavy (non-hydrogen) atoms. The molecule has 1 aromatic carbocycles. The van der Waals surface area contributed by atoms with Crippen molar-refractivity contribution in [3.63, 3.8) is 0 Å². The van der Waals surface area contributed by atoms with Gasteiger partial charge < -0.3 is 24.4 Å². The number of carbonyl (C=O) groups excluding carboxylic acids is 3. The van der Waals surface area contributed by atoms with Crippen molar-refractivity contribution in [2.24, 2.45) is 11.8 Å². The molecular formula is C28H38N2O6. The minimum Gasteiger partial charge on any atom is -0.466 e. The Morgan fingerprint density at radius 3 is 2.53 bits per heavy atom. The fourth-order valence-corrected chi connectivity index (χ4v) is 6.57. The summed E-state index contributed by atoms with van der Waals surface area (Å²) in [5.41, 5.74) is -1.93. The third-order valence-electron chi connectivity index (χ3n) is 8.07. The monoisotopic (exact) mass is 498 g/mol. The molecule has 3 aliphatic heterocycles. The molecule has 0 radical (unpaired) electrons. The van der Waals surface area contributed by atoms with Crippen LogP contribution in [0.4, 0.5) is 0 Å². The maximum atomic E-state index is 14.4. The molecule has 8 nitrogen and oxygen atoms in total. The lowest BCUT2D eigenvalue weighted by Crippen LogP contribution is -2.60. The van der Waals surface area contributed by atoms with Crippen LogP contribution in [0.5, 0.6) is 0 Å². The molecule has 2 bridgehead atoms. The van der Waals surface area contributed by atoms with E-state index in [-0.39, 0.29) is 31.6 Å². The Balaban J connectivity index is 1.89. The fourth-order valence-electron chi connectivity index (χ4n) is 6.57. The Labute approximate surface area is 213 Å². The summed E-state index contributed by atoms with van der Waals surface area (Å²) in [5.74, 6) is -2.80. The van der Waals surface area contributed by atoms with Crippen LogP contribution in [-0.4, -0.2) is 75.2 Å². The second-order valence-electron chi connectivity index (χ2n) is 11.2. The molecule has 196 valence electrons. The molecule has 3 saturated heterocycles. The van der Waals surface area contributed by atoms with Gasteiger partial charge >= 0.3 is 5.97 Å². The number of nitrogens with zero attached hydrogens (tertiary/aromatic N) is 2. The van der Waals surface area contributed by atoms with Crippen molar-refractivity contribution in [1.82, 2.24) is 9.80 Å². The molecule has 3 fully saturated rings. The SMILES string of the molecule is C=CCN(C(=O)C1N([C@H](CO)c2ccccc2)C(=O)[C@@H]2[C@@H](C(=O)OCC)[C@@]3(C)CCC12O3)C(C)(C)C. The van der Waals surface area contributed by atoms with Gasteiger partial charge in [-0.25, -0.2) is 0 Å². The molecule has 0 aromatic heterocycles. The molecule has 1 spiro atoms. The third kappa shape index (κ3) is 3.86. The molecule has 2 amide bonds. The van der Waals surface area contributed by atoms with Crippen molar-refractivity contribution >= 4 is 17.8 Å². The Bertz CT molecular complexity index is 1040. The first-order valence-corrected chi connectivity index (χ1v) is 12.7. The first-order chi connectivity index (χ1) is 17.0. The zero-order valence-corrected chi connectivity index (χ0v) is 21.9. The van der Waals surface area contributed by atoms with Gasteiger partial charge in [-0.15, -0.1) is 6.58 Å². The summed E-state index contributed by atoms with van der Waals surface area (Å²) in [4.78, 5) is 45.1. The summed E-state index contributed by atoms with van der Waals surface area (Å²) in [6.45, 7) is 13.3. The predicted octanol–water partition coefficient (Wildman–Crippen LogP) is 2.86. The number of benzene rings is 1. The van der Waals surface area contributed by atoms with Crippen LogP contribution in [0, 0.1) is 11.8 Å². The van der Waals surface area contributed by atoms with Gasteiger partial charge in [0.2, 0.25) is 11.8 Å². The van der Waals surface area contributed by atoms with Crippen molar-refractivity contribution in [2.75, 3.05) is 19.8 Å². The van der Waals surface area contributed by atoms with Gasteiger partial charge in [-0.2, -0.15) is 0 Å². The molecule has 0 aliphatic carbocycles. The van der Waals surface area contributed by atoms with E-state index in [0.29, 0.717) is 18.4 Å². The Hall–Kier alpha value is -2.71. The number of likely N-dealkylation sites (tertiary alicyclic amines) is 1. The molecular weight excluding hydrogens is 460 g/mol. The second kappa shape index (κ2) is 9.30. The van der Waals surface area contributed by atoms with Gasteiger partial charge in [-0.3, -0.25) is 14.4 Å². The standard InChI is InChI=1S/C28H38N2O6/c1-7-16-29(26(3,4)5)24(33)22-28-15-14-27(6,36-28)21(25(34)35-8-2)20(28)23(32)30(22)19(17-31)18-12-10-9-11-13-18/h7,9-13,19-22,31H,1,8,14-17H2,2-6H3/t19-,20+,21+,22?,27-,28?/m1/s1. The maximum Gasteiger partial charge on any atom is 0.312 e. The highest BCUT2D eigenvalue weighted by Crippen LogP contribution is 2.64. The van der Waals surface area contributed by atoms with Gasteiger partial charge in [0, 0.05) is 12.1 Å². The molecule has 3 aliphatic rings. The van der Waals surface area contributed by atoms with Crippen LogP contribution in [0.2, 0.25) is 0 Å². The van der Waals surface area contributed by atoms with E-state index in [9.17, 15) is 19.5 Å². The predicted molar refractivity (Wildman–Crippen MR) is 134 cm³/mol. The van der Waals surface area contributed by atoms with E-state index >= 15 is 0 Å². The fraction of sp³-hybridized carbons (Fsp3) is 0.607. The average Bonchev–Trinajstić information content (AvgIpc) is 3.39. The number of esters is 1. The Morgan fingerprint density at radius 1 is 1.31 bits per heavy atom. The first-order valence-electron chi connectivity index (χ1n) is 12.7. The summed E-state index contributed by atoms with van der Waals surface area (Å²) >= 11 is 0. The summed E-state index contributed by atoms with van der Waals surface area (Å²) < 4.78 is 12.0. The number of ether oxygens (including phenoxy) is 2. The van der Waals surface area contributed by atoms with E-state index in [0.717, 1.165) is 0 Å². The smallest absolute Gasteiger partial charge is 0.312 e. The zero-order chi connectivity index (χ0) is 26.5. The quantitative estimate of drug-likeness (QED) is 0.437. The summed E-state index contributed by atoms with van der Waals surface area (Å²) in [5, 5.41) is 10.5. The number of amides is 2. The topological polar surface area (TPSA) is 96.4 Å². The van der Waals surface area contributed by atoms with Crippen molar-refractivity contribution in [3.8, 4) is 0 Å². The zero-order valence-electron chi connectivity index (χ0n) is 21.9. The van der Waals surface area contributed by atoms with E-state index < -0.39 is 46.6 Å². The van der Waals surface area contributed by atoms with Gasteiger partial charge in [0.25, 0.3) is 0 Å². The van der Waals surface area contributed by atoms with Crippen LogP contribution in [0.1, 0.15) is 59.1 Å². The lowest BCUT2D eigenvalue weighted by molar-refractivity contribution is -0.162. The highest BCUT2D eigenvalue weighted by molar-refractivity contribution is 5.99. The van der Waals surface area contributed by atoms with Gasteiger partial charge in [-0.1, -0.05) is 36.4 Å². The molecule has 6 atom stereocenters. The molecule has 0 saturated carbocycles. The van der Waals surface area contributed by atoms with Gasteiger partial charge in [0.1, 0.15) is 17.6 Å². The van der Waals surface area contributed by atoms with Crippen LogP contribution in [-0.2, 0) is 23.9 Å². The van der Waals surface area contributed by atoms with E-state index in [4.69, 9.17) is 9.47 Å². The minimum absolute atomic E-state index is 0.186. The average molecular weight is 499 g/mol. The molecule has 8 heteroatoms. The lowest BCUT2D eigenvalue weighted by atomic mass is 9.66. The minimum atomic E-state index is -1.19. The number of hydrogen-bond donors (Lipinski definition) is 1. The van der Waals surface area contributed by atoms with Crippen LogP contribution < -0.4 is 0 Å². The van der Waals surface area contributed by atoms with E-state index in [1.807, 2.05) is 58.0 Å². The Morgan fingerprint density at radius 2 is 1.97 bits per heavy atom. The lowest BCUT2D eigenvalue weighted by Gasteiger charge is -2.43. The van der Waals surface area contributed by atoms with Crippen molar-refractivity contribution < 1.29 is 29.0 Å². The second-order valence-corrected chi connectivity index (χ2v) is 11.2. The molecule has 1 N–H and O–H groups in total. The van der Waals surface area contributed by atoms with E-state index in [1.54, 1.807) is 17.9 Å². The largest absolute Gasteiger partial charge is 0.466 e. The van der Waals surface area contributed by atoms with Crippen molar-refractivity contribution in [3.05, 3.63) is 48.6 Å². The van der Waals surface area contributed by atoms with Crippen LogP contribution in [0.25, 0.3) is 0 Å². The Kier molecular flexibility index (Phi) is 6.81. The summed E-state index contributed by atoms with van der Waals surface area (Å²) in [6.07, 6.45) is 2.65. The number of aliphatic hydroxyl groups is 1. The third-order valence-corrected chi connectivity index (χ3v) is 8.07. The van der Waals surface area contributed by atoms with Crippen LogP contribution in [0.15, 0.2) is 43.0 Å². The summed E-state index contributed by atoms with van der Waals surface area (Å²) in [7, 11) is 0. The summed E-state index contributed by atoms with van der Waals surface area (Å²) in [6, 6.07) is 7.40. The normalized spacial score (nSPS) is 31.8. The van der Waals surface area contributed by atoms with E-state index in [1.165, 1.54) is 4.90 Å². The van der Waals surface area contributed by atoms with E-state index in [2.05, 4.69) is 6.58 Å². The van der Waals surface area contributed by atoms with Gasteiger partial charge in [0.05, 0.1) is 30.8 Å². The molecule has 4 rings (SSSR count). The van der Waals surface area contributed by atoms with Gasteiger partial charge in [0.15, 0.2) is 0 Å². The molecule has 3 heterocycles. The number of aliphatic hydroxyl groups excluding tert-OH is 1. The highest BCUT2D eigenvalue weighted by atomic mass is 16.6. The van der Waals surface area contributed by atoms with Crippen molar-refractivity contribution in [1.29, 1.82) is 0 Å². The maximum absolute atomic E-state index is 14.4. The number of rotatable bonds is 8. The molecule has 1 aromatic rings. The van der Waals surface area contributed by atoms with Gasteiger partial charge in [-0.05, 0) is 53.0 Å². The van der Waals surface area contributed by atoms with Crippen LogP contribution >= 0.6 is 0 Å². The molecule has 2 unspecified atom stereocenters. The number of carbonyl (C=O) groups is 3.